The summed E-state index contributed by atoms with van der Waals surface area (Å²) in [5.74, 6) is 0.441. The molecule has 2 rings (SSSR count). The van der Waals surface area contributed by atoms with Gasteiger partial charge in [-0.15, -0.1) is 0 Å². The van der Waals surface area contributed by atoms with Gasteiger partial charge in [0.1, 0.15) is 11.6 Å². The van der Waals surface area contributed by atoms with E-state index in [2.05, 4.69) is 4.98 Å². The first-order chi connectivity index (χ1) is 9.87. The molecule has 0 saturated carbocycles. The maximum absolute atomic E-state index is 13.3. The van der Waals surface area contributed by atoms with Gasteiger partial charge in [0, 0.05) is 11.7 Å². The van der Waals surface area contributed by atoms with E-state index in [1.807, 2.05) is 32.9 Å². The highest BCUT2D eigenvalue weighted by Gasteiger charge is 2.23. The first-order valence-corrected chi connectivity index (χ1v) is 7.02. The molecule has 1 unspecified atom stereocenters. The lowest BCUT2D eigenvalue weighted by atomic mass is 9.87. The standard InChI is InChI=1S/C17H21FN2O/c1-12(2)21-16-8-14(10-20-11-16)17(3,19)9-13-5-4-6-15(18)7-13/h4-8,10-12H,9,19H2,1-3H3. The van der Waals surface area contributed by atoms with E-state index in [1.165, 1.54) is 12.1 Å². The maximum atomic E-state index is 13.3. The predicted octanol–water partition coefficient (Wildman–Crippen LogP) is 3.42. The van der Waals surface area contributed by atoms with E-state index in [1.54, 1.807) is 18.5 Å². The number of ether oxygens (including phenoxy) is 1. The van der Waals surface area contributed by atoms with Crippen LogP contribution in [-0.4, -0.2) is 11.1 Å². The molecule has 112 valence electrons. The summed E-state index contributed by atoms with van der Waals surface area (Å²) >= 11 is 0. The van der Waals surface area contributed by atoms with Gasteiger partial charge in [-0.2, -0.15) is 0 Å². The summed E-state index contributed by atoms with van der Waals surface area (Å²) in [6.45, 7) is 5.83. The number of pyridine rings is 1. The van der Waals surface area contributed by atoms with Gasteiger partial charge in [0.25, 0.3) is 0 Å². The van der Waals surface area contributed by atoms with Crippen molar-refractivity contribution >= 4 is 0 Å². The van der Waals surface area contributed by atoms with Crippen LogP contribution in [0.1, 0.15) is 31.9 Å². The van der Waals surface area contributed by atoms with Gasteiger partial charge in [-0.1, -0.05) is 12.1 Å². The van der Waals surface area contributed by atoms with Crippen LogP contribution < -0.4 is 10.5 Å². The molecule has 0 radical (unpaired) electrons. The highest BCUT2D eigenvalue weighted by Crippen LogP contribution is 2.25. The molecule has 0 aliphatic rings. The van der Waals surface area contributed by atoms with E-state index in [-0.39, 0.29) is 11.9 Å². The fourth-order valence-electron chi connectivity index (χ4n) is 2.24. The van der Waals surface area contributed by atoms with Crippen LogP contribution in [0.3, 0.4) is 0 Å². The van der Waals surface area contributed by atoms with Crippen LogP contribution in [0.5, 0.6) is 5.75 Å². The Kier molecular flexibility index (Phi) is 4.58. The molecule has 0 bridgehead atoms. The van der Waals surface area contributed by atoms with Gasteiger partial charge in [0.2, 0.25) is 0 Å². The number of benzene rings is 1. The first-order valence-electron chi connectivity index (χ1n) is 7.02. The van der Waals surface area contributed by atoms with Crippen molar-refractivity contribution in [3.63, 3.8) is 0 Å². The zero-order chi connectivity index (χ0) is 15.5. The zero-order valence-corrected chi connectivity index (χ0v) is 12.6. The van der Waals surface area contributed by atoms with E-state index in [0.29, 0.717) is 12.2 Å². The molecule has 0 fully saturated rings. The summed E-state index contributed by atoms with van der Waals surface area (Å²) in [4.78, 5) is 4.18. The number of aromatic nitrogens is 1. The summed E-state index contributed by atoms with van der Waals surface area (Å²) in [6, 6.07) is 8.39. The Morgan fingerprint density at radius 1 is 1.29 bits per heavy atom. The van der Waals surface area contributed by atoms with E-state index in [4.69, 9.17) is 10.5 Å². The first kappa shape index (κ1) is 15.4. The van der Waals surface area contributed by atoms with Crippen molar-refractivity contribution in [2.24, 2.45) is 5.73 Å². The quantitative estimate of drug-likeness (QED) is 0.917. The van der Waals surface area contributed by atoms with E-state index in [0.717, 1.165) is 11.1 Å². The Labute approximate surface area is 125 Å². The normalized spacial score (nSPS) is 14.0. The van der Waals surface area contributed by atoms with Gasteiger partial charge in [0.05, 0.1) is 12.3 Å². The fraction of sp³-hybridized carbons (Fsp3) is 0.353. The summed E-state index contributed by atoms with van der Waals surface area (Å²) in [5.41, 5.74) is 7.48. The number of halogens is 1. The van der Waals surface area contributed by atoms with E-state index < -0.39 is 5.54 Å². The van der Waals surface area contributed by atoms with Crippen molar-refractivity contribution in [2.75, 3.05) is 0 Å². The number of nitrogens with two attached hydrogens (primary N) is 1. The molecule has 1 atom stereocenters. The maximum Gasteiger partial charge on any atom is 0.138 e. The van der Waals surface area contributed by atoms with Crippen molar-refractivity contribution < 1.29 is 9.13 Å². The van der Waals surface area contributed by atoms with Crippen molar-refractivity contribution in [3.05, 3.63) is 59.7 Å². The smallest absolute Gasteiger partial charge is 0.138 e. The van der Waals surface area contributed by atoms with E-state index >= 15 is 0 Å². The minimum Gasteiger partial charge on any atom is -0.489 e. The average Bonchev–Trinajstić information content (AvgIpc) is 2.37. The molecular formula is C17H21FN2O. The van der Waals surface area contributed by atoms with Gasteiger partial charge in [-0.05, 0) is 56.5 Å². The molecular weight excluding hydrogens is 267 g/mol. The molecule has 2 aromatic rings. The molecule has 0 amide bonds. The summed E-state index contributed by atoms with van der Waals surface area (Å²) in [6.07, 6.45) is 4.00. The monoisotopic (exact) mass is 288 g/mol. The lowest BCUT2D eigenvalue weighted by Crippen LogP contribution is -2.35. The van der Waals surface area contributed by atoms with Crippen LogP contribution in [0, 0.1) is 5.82 Å². The second kappa shape index (κ2) is 6.22. The van der Waals surface area contributed by atoms with E-state index in [9.17, 15) is 4.39 Å². The Morgan fingerprint density at radius 2 is 2.05 bits per heavy atom. The third-order valence-electron chi connectivity index (χ3n) is 3.20. The van der Waals surface area contributed by atoms with Crippen LogP contribution in [-0.2, 0) is 12.0 Å². The number of rotatable bonds is 5. The second-order valence-corrected chi connectivity index (χ2v) is 5.80. The predicted molar refractivity (Wildman–Crippen MR) is 81.6 cm³/mol. The number of nitrogens with zero attached hydrogens (tertiary/aromatic N) is 1. The average molecular weight is 288 g/mol. The Morgan fingerprint density at radius 3 is 2.71 bits per heavy atom. The lowest BCUT2D eigenvalue weighted by molar-refractivity contribution is 0.240. The molecule has 1 aromatic heterocycles. The molecule has 3 nitrogen and oxygen atoms in total. The Bertz CT molecular complexity index is 611. The largest absolute Gasteiger partial charge is 0.489 e. The fourth-order valence-corrected chi connectivity index (χ4v) is 2.24. The molecule has 21 heavy (non-hydrogen) atoms. The molecule has 4 heteroatoms. The van der Waals surface area contributed by atoms with Gasteiger partial charge in [-0.3, -0.25) is 4.98 Å². The van der Waals surface area contributed by atoms with Crippen LogP contribution in [0.25, 0.3) is 0 Å². The second-order valence-electron chi connectivity index (χ2n) is 5.80. The van der Waals surface area contributed by atoms with Crippen molar-refractivity contribution in [3.8, 4) is 5.75 Å². The highest BCUT2D eigenvalue weighted by atomic mass is 19.1. The zero-order valence-electron chi connectivity index (χ0n) is 12.6. The highest BCUT2D eigenvalue weighted by molar-refractivity contribution is 5.31. The molecule has 0 saturated heterocycles. The van der Waals surface area contributed by atoms with Gasteiger partial charge >= 0.3 is 0 Å². The molecule has 1 aromatic carbocycles. The molecule has 2 N–H and O–H groups in total. The van der Waals surface area contributed by atoms with Crippen LogP contribution in [0.15, 0.2) is 42.7 Å². The SMILES string of the molecule is CC(C)Oc1cncc(C(C)(N)Cc2cccc(F)c2)c1. The third-order valence-corrected chi connectivity index (χ3v) is 3.20. The lowest BCUT2D eigenvalue weighted by Gasteiger charge is -2.25. The van der Waals surface area contributed by atoms with Gasteiger partial charge in [-0.25, -0.2) is 4.39 Å². The van der Waals surface area contributed by atoms with Gasteiger partial charge < -0.3 is 10.5 Å². The number of hydrogen-bond acceptors (Lipinski definition) is 3. The molecule has 0 aliphatic heterocycles. The van der Waals surface area contributed by atoms with Crippen LogP contribution >= 0.6 is 0 Å². The summed E-state index contributed by atoms with van der Waals surface area (Å²) in [7, 11) is 0. The summed E-state index contributed by atoms with van der Waals surface area (Å²) in [5, 5.41) is 0. The number of hydrogen-bond donors (Lipinski definition) is 1. The minimum atomic E-state index is -0.642. The molecule has 0 spiro atoms. The van der Waals surface area contributed by atoms with Crippen molar-refractivity contribution in [1.82, 2.24) is 4.98 Å². The minimum absolute atomic E-state index is 0.0781. The van der Waals surface area contributed by atoms with Crippen LogP contribution in [0.4, 0.5) is 4.39 Å². The molecule has 1 heterocycles. The van der Waals surface area contributed by atoms with Gasteiger partial charge in [0.15, 0.2) is 0 Å². The Hall–Kier alpha value is -1.94. The summed E-state index contributed by atoms with van der Waals surface area (Å²) < 4.78 is 18.9. The van der Waals surface area contributed by atoms with Crippen LogP contribution in [0.2, 0.25) is 0 Å². The Balaban J connectivity index is 2.22. The van der Waals surface area contributed by atoms with Crippen molar-refractivity contribution in [2.45, 2.75) is 38.8 Å². The third kappa shape index (κ3) is 4.26. The molecule has 0 aliphatic carbocycles. The topological polar surface area (TPSA) is 48.1 Å². The van der Waals surface area contributed by atoms with Crippen molar-refractivity contribution in [1.29, 1.82) is 0 Å².